The molecule has 27 heavy (non-hydrogen) atoms. The van der Waals surface area contributed by atoms with Gasteiger partial charge in [-0.25, -0.2) is 0 Å². The molecule has 0 bridgehead atoms. The lowest BCUT2D eigenvalue weighted by molar-refractivity contribution is -0.131. The topological polar surface area (TPSA) is 75.4 Å². The van der Waals surface area contributed by atoms with Gasteiger partial charge in [0, 0.05) is 13.1 Å². The van der Waals surface area contributed by atoms with Crippen LogP contribution in [0.5, 0.6) is 0 Å². The summed E-state index contributed by atoms with van der Waals surface area (Å²) in [7, 11) is 0. The third kappa shape index (κ3) is 3.72. The number of nitrogens with one attached hydrogen (secondary N) is 1. The number of nitrogens with two attached hydrogens (primary N) is 1. The second kappa shape index (κ2) is 7.27. The van der Waals surface area contributed by atoms with Gasteiger partial charge in [-0.05, 0) is 31.9 Å². The van der Waals surface area contributed by atoms with Crippen molar-refractivity contribution in [1.82, 2.24) is 10.2 Å². The summed E-state index contributed by atoms with van der Waals surface area (Å²) in [5.41, 5.74) is 8.97. The molecule has 0 fully saturated rings. The van der Waals surface area contributed by atoms with E-state index in [1.54, 1.807) is 4.90 Å². The standard InChI is InChI=1S/C22H25N3O2/c1-15-8-7-11-17(12-15)13-24-20(26)18-19(23)22(2,3)25(21(18)27)14-16-9-5-4-6-10-16/h4-12H,13-14,23H2,1-3H3,(H,24,26). The highest BCUT2D eigenvalue weighted by Crippen LogP contribution is 2.33. The molecule has 0 spiro atoms. The van der Waals surface area contributed by atoms with Crippen LogP contribution >= 0.6 is 0 Å². The minimum absolute atomic E-state index is 0.0450. The maximum Gasteiger partial charge on any atom is 0.262 e. The molecule has 0 radical (unpaired) electrons. The van der Waals surface area contributed by atoms with E-state index in [2.05, 4.69) is 5.32 Å². The van der Waals surface area contributed by atoms with E-state index in [0.29, 0.717) is 18.8 Å². The SMILES string of the molecule is Cc1cccc(CNC(=O)C2=C(N)C(C)(C)N(Cc3ccccc3)C2=O)c1. The summed E-state index contributed by atoms with van der Waals surface area (Å²) < 4.78 is 0. The normalized spacial score (nSPS) is 16.0. The Balaban J connectivity index is 1.77. The minimum atomic E-state index is -0.719. The molecule has 1 aliphatic rings. The summed E-state index contributed by atoms with van der Waals surface area (Å²) in [4.78, 5) is 27.3. The fourth-order valence-electron chi connectivity index (χ4n) is 3.30. The zero-order valence-corrected chi connectivity index (χ0v) is 16.0. The molecule has 2 amide bonds. The molecule has 3 N–H and O–H groups in total. The van der Waals surface area contributed by atoms with Crippen molar-refractivity contribution in [3.8, 4) is 0 Å². The number of carbonyl (C=O) groups excluding carboxylic acids is 2. The molecule has 0 saturated carbocycles. The second-order valence-electron chi connectivity index (χ2n) is 7.40. The molecule has 0 atom stereocenters. The summed E-state index contributed by atoms with van der Waals surface area (Å²) in [6.45, 7) is 6.48. The number of aryl methyl sites for hydroxylation is 1. The first kappa shape index (κ1) is 18.7. The van der Waals surface area contributed by atoms with E-state index >= 15 is 0 Å². The van der Waals surface area contributed by atoms with Crippen molar-refractivity contribution in [2.45, 2.75) is 39.4 Å². The Bertz CT molecular complexity index is 901. The van der Waals surface area contributed by atoms with E-state index in [1.807, 2.05) is 75.4 Å². The van der Waals surface area contributed by atoms with E-state index in [1.165, 1.54) is 0 Å². The zero-order valence-electron chi connectivity index (χ0n) is 16.0. The maximum atomic E-state index is 13.0. The van der Waals surface area contributed by atoms with E-state index in [4.69, 9.17) is 5.73 Å². The Labute approximate surface area is 159 Å². The molecule has 5 nitrogen and oxygen atoms in total. The Morgan fingerprint density at radius 2 is 1.74 bits per heavy atom. The van der Waals surface area contributed by atoms with Gasteiger partial charge in [-0.1, -0.05) is 60.2 Å². The van der Waals surface area contributed by atoms with E-state index in [0.717, 1.165) is 16.7 Å². The van der Waals surface area contributed by atoms with Crippen LogP contribution in [0.3, 0.4) is 0 Å². The molecule has 0 aromatic heterocycles. The van der Waals surface area contributed by atoms with E-state index in [-0.39, 0.29) is 11.5 Å². The van der Waals surface area contributed by atoms with Gasteiger partial charge < -0.3 is 16.0 Å². The quantitative estimate of drug-likeness (QED) is 0.802. The predicted molar refractivity (Wildman–Crippen MR) is 105 cm³/mol. The molecular formula is C22H25N3O2. The van der Waals surface area contributed by atoms with Crippen LogP contribution in [-0.4, -0.2) is 22.3 Å². The molecule has 140 valence electrons. The van der Waals surface area contributed by atoms with Gasteiger partial charge in [0.15, 0.2) is 0 Å². The highest BCUT2D eigenvalue weighted by molar-refractivity contribution is 6.21. The Morgan fingerprint density at radius 3 is 2.41 bits per heavy atom. The molecule has 2 aromatic carbocycles. The average Bonchev–Trinajstić information content (AvgIpc) is 2.80. The smallest absolute Gasteiger partial charge is 0.262 e. The summed E-state index contributed by atoms with van der Waals surface area (Å²) in [5, 5.41) is 2.83. The second-order valence-corrected chi connectivity index (χ2v) is 7.40. The van der Waals surface area contributed by atoms with Crippen LogP contribution in [-0.2, 0) is 22.7 Å². The summed E-state index contributed by atoms with van der Waals surface area (Å²) in [5.74, 6) is -0.759. The first-order chi connectivity index (χ1) is 12.8. The van der Waals surface area contributed by atoms with Gasteiger partial charge in [-0.3, -0.25) is 9.59 Å². The van der Waals surface area contributed by atoms with Crippen LogP contribution in [0, 0.1) is 6.92 Å². The summed E-state index contributed by atoms with van der Waals surface area (Å²) >= 11 is 0. The van der Waals surface area contributed by atoms with Crippen LogP contribution < -0.4 is 11.1 Å². The van der Waals surface area contributed by atoms with Crippen molar-refractivity contribution in [1.29, 1.82) is 0 Å². The molecule has 1 aliphatic heterocycles. The molecule has 2 aromatic rings. The van der Waals surface area contributed by atoms with Crippen LogP contribution in [0.1, 0.15) is 30.5 Å². The Kier molecular flexibility index (Phi) is 5.04. The van der Waals surface area contributed by atoms with Gasteiger partial charge in [0.2, 0.25) is 0 Å². The number of rotatable bonds is 5. The monoisotopic (exact) mass is 363 g/mol. The van der Waals surface area contributed by atoms with Crippen LogP contribution in [0.15, 0.2) is 65.9 Å². The van der Waals surface area contributed by atoms with E-state index in [9.17, 15) is 9.59 Å². The number of carbonyl (C=O) groups is 2. The van der Waals surface area contributed by atoms with Crippen LogP contribution in [0.25, 0.3) is 0 Å². The van der Waals surface area contributed by atoms with Crippen LogP contribution in [0.2, 0.25) is 0 Å². The molecule has 0 aliphatic carbocycles. The minimum Gasteiger partial charge on any atom is -0.399 e. The summed E-state index contributed by atoms with van der Waals surface area (Å²) in [6.07, 6.45) is 0. The Hall–Kier alpha value is -3.08. The maximum absolute atomic E-state index is 13.0. The lowest BCUT2D eigenvalue weighted by Gasteiger charge is -2.33. The molecule has 5 heteroatoms. The third-order valence-electron chi connectivity index (χ3n) is 5.01. The lowest BCUT2D eigenvalue weighted by atomic mass is 9.99. The zero-order chi connectivity index (χ0) is 19.6. The third-order valence-corrected chi connectivity index (χ3v) is 5.01. The van der Waals surface area contributed by atoms with Gasteiger partial charge in [-0.2, -0.15) is 0 Å². The van der Waals surface area contributed by atoms with Crippen molar-refractivity contribution < 1.29 is 9.59 Å². The number of amides is 2. The van der Waals surface area contributed by atoms with Crippen molar-refractivity contribution >= 4 is 11.8 Å². The largest absolute Gasteiger partial charge is 0.399 e. The van der Waals surface area contributed by atoms with E-state index < -0.39 is 11.4 Å². The highest BCUT2D eigenvalue weighted by Gasteiger charge is 2.46. The number of nitrogens with zero attached hydrogens (tertiary/aromatic N) is 1. The van der Waals surface area contributed by atoms with Crippen molar-refractivity contribution in [2.24, 2.45) is 5.73 Å². The van der Waals surface area contributed by atoms with Gasteiger partial charge in [-0.15, -0.1) is 0 Å². The molecular weight excluding hydrogens is 338 g/mol. The fourth-order valence-corrected chi connectivity index (χ4v) is 3.30. The van der Waals surface area contributed by atoms with Crippen LogP contribution in [0.4, 0.5) is 0 Å². The molecule has 0 saturated heterocycles. The van der Waals surface area contributed by atoms with Gasteiger partial charge in [0.25, 0.3) is 11.8 Å². The fraction of sp³-hybridized carbons (Fsp3) is 0.273. The van der Waals surface area contributed by atoms with Crippen molar-refractivity contribution in [2.75, 3.05) is 0 Å². The molecule has 1 heterocycles. The first-order valence-corrected chi connectivity index (χ1v) is 9.00. The van der Waals surface area contributed by atoms with Crippen molar-refractivity contribution in [3.05, 3.63) is 82.6 Å². The number of hydrogen-bond donors (Lipinski definition) is 2. The van der Waals surface area contributed by atoms with Gasteiger partial charge >= 0.3 is 0 Å². The number of benzene rings is 2. The summed E-state index contributed by atoms with van der Waals surface area (Å²) in [6, 6.07) is 17.6. The average molecular weight is 363 g/mol. The molecule has 3 rings (SSSR count). The number of hydrogen-bond acceptors (Lipinski definition) is 3. The Morgan fingerprint density at radius 1 is 1.07 bits per heavy atom. The van der Waals surface area contributed by atoms with Gasteiger partial charge in [0.1, 0.15) is 5.57 Å². The molecule has 0 unspecified atom stereocenters. The predicted octanol–water partition coefficient (Wildman–Crippen LogP) is 2.65. The lowest BCUT2D eigenvalue weighted by Crippen LogP contribution is -2.44. The highest BCUT2D eigenvalue weighted by atomic mass is 16.2. The van der Waals surface area contributed by atoms with Crippen molar-refractivity contribution in [3.63, 3.8) is 0 Å². The first-order valence-electron chi connectivity index (χ1n) is 9.00. The van der Waals surface area contributed by atoms with Gasteiger partial charge in [0.05, 0.1) is 11.2 Å².